The van der Waals surface area contributed by atoms with Gasteiger partial charge in [-0.3, -0.25) is 4.79 Å². The molecule has 0 atom stereocenters. The Hall–Kier alpha value is -2.16. The van der Waals surface area contributed by atoms with Crippen LogP contribution in [-0.2, 0) is 0 Å². The van der Waals surface area contributed by atoms with Gasteiger partial charge in [-0.1, -0.05) is 24.3 Å². The first-order chi connectivity index (χ1) is 7.75. The summed E-state index contributed by atoms with van der Waals surface area (Å²) in [5.41, 5.74) is 0.715. The van der Waals surface area contributed by atoms with E-state index in [1.54, 1.807) is 0 Å². The first kappa shape index (κ1) is 9.09. The normalized spacial score (nSPS) is 11.1. The Morgan fingerprint density at radius 1 is 1.06 bits per heavy atom. The van der Waals surface area contributed by atoms with Crippen LogP contribution in [0.4, 0.5) is 0 Å². The number of hydrogen-bond acceptors (Lipinski definition) is 2. The fraction of sp³-hybridized carbons (Fsp3) is 0.0769. The van der Waals surface area contributed by atoms with E-state index in [1.165, 1.54) is 0 Å². The second-order valence-corrected chi connectivity index (χ2v) is 3.88. The Labute approximate surface area is 91.7 Å². The third-order valence-corrected chi connectivity index (χ3v) is 2.85. The van der Waals surface area contributed by atoms with Crippen LogP contribution in [0.15, 0.2) is 41.2 Å². The van der Waals surface area contributed by atoms with Crippen molar-refractivity contribution in [3.05, 3.63) is 52.4 Å². The Kier molecular flexibility index (Phi) is 1.80. The maximum atomic E-state index is 11.7. The molecule has 3 aromatic rings. The lowest BCUT2D eigenvalue weighted by Crippen LogP contribution is -2.09. The SMILES string of the molecule is Cc1n[nH]c(=O)c2cc3ccccc3cc12. The topological polar surface area (TPSA) is 45.8 Å². The summed E-state index contributed by atoms with van der Waals surface area (Å²) in [5.74, 6) is 0. The van der Waals surface area contributed by atoms with Crippen molar-refractivity contribution in [3.8, 4) is 0 Å². The van der Waals surface area contributed by atoms with Crippen LogP contribution >= 0.6 is 0 Å². The fourth-order valence-electron chi connectivity index (χ4n) is 1.98. The molecule has 0 bridgehead atoms. The number of hydrogen-bond donors (Lipinski definition) is 1. The molecule has 78 valence electrons. The molecule has 1 N–H and O–H groups in total. The lowest BCUT2D eigenvalue weighted by atomic mass is 10.0. The molecule has 0 aliphatic heterocycles. The van der Waals surface area contributed by atoms with Crippen LogP contribution in [0.3, 0.4) is 0 Å². The Bertz CT molecular complexity index is 744. The molecular formula is C13H10N2O. The van der Waals surface area contributed by atoms with E-state index in [1.807, 2.05) is 43.3 Å². The van der Waals surface area contributed by atoms with Crippen molar-refractivity contribution in [2.75, 3.05) is 0 Å². The minimum absolute atomic E-state index is 0.133. The van der Waals surface area contributed by atoms with Crippen LogP contribution in [0.5, 0.6) is 0 Å². The molecule has 0 amide bonds. The monoisotopic (exact) mass is 210 g/mol. The highest BCUT2D eigenvalue weighted by molar-refractivity contribution is 5.98. The highest BCUT2D eigenvalue weighted by Crippen LogP contribution is 2.21. The molecule has 3 heteroatoms. The van der Waals surface area contributed by atoms with E-state index >= 15 is 0 Å². The molecule has 0 spiro atoms. The second-order valence-electron chi connectivity index (χ2n) is 3.88. The predicted molar refractivity (Wildman–Crippen MR) is 64.6 cm³/mol. The highest BCUT2D eigenvalue weighted by atomic mass is 16.1. The first-order valence-corrected chi connectivity index (χ1v) is 5.13. The van der Waals surface area contributed by atoms with Crippen LogP contribution in [0, 0.1) is 6.92 Å². The van der Waals surface area contributed by atoms with Crippen molar-refractivity contribution in [1.29, 1.82) is 0 Å². The largest absolute Gasteiger partial charge is 0.272 e. The van der Waals surface area contributed by atoms with Gasteiger partial charge in [-0.05, 0) is 29.8 Å². The zero-order chi connectivity index (χ0) is 11.1. The lowest BCUT2D eigenvalue weighted by Gasteiger charge is -2.02. The summed E-state index contributed by atoms with van der Waals surface area (Å²) < 4.78 is 0. The second kappa shape index (κ2) is 3.17. The van der Waals surface area contributed by atoms with E-state index in [2.05, 4.69) is 10.2 Å². The number of benzene rings is 2. The van der Waals surface area contributed by atoms with Crippen molar-refractivity contribution in [3.63, 3.8) is 0 Å². The van der Waals surface area contributed by atoms with Gasteiger partial charge in [-0.15, -0.1) is 0 Å². The Balaban J connectivity index is 2.61. The minimum Gasteiger partial charge on any atom is -0.267 e. The van der Waals surface area contributed by atoms with Gasteiger partial charge < -0.3 is 0 Å². The van der Waals surface area contributed by atoms with Gasteiger partial charge in [-0.25, -0.2) is 5.10 Å². The number of rotatable bonds is 0. The van der Waals surface area contributed by atoms with Crippen LogP contribution in [0.2, 0.25) is 0 Å². The van der Waals surface area contributed by atoms with Gasteiger partial charge in [-0.2, -0.15) is 5.10 Å². The zero-order valence-corrected chi connectivity index (χ0v) is 8.82. The highest BCUT2D eigenvalue weighted by Gasteiger charge is 2.04. The van der Waals surface area contributed by atoms with E-state index in [4.69, 9.17) is 0 Å². The minimum atomic E-state index is -0.133. The summed E-state index contributed by atoms with van der Waals surface area (Å²) in [6, 6.07) is 11.9. The van der Waals surface area contributed by atoms with Crippen molar-refractivity contribution in [1.82, 2.24) is 10.2 Å². The summed E-state index contributed by atoms with van der Waals surface area (Å²) in [7, 11) is 0. The molecule has 1 heterocycles. The summed E-state index contributed by atoms with van der Waals surface area (Å²) in [4.78, 5) is 11.7. The van der Waals surface area contributed by atoms with Gasteiger partial charge in [0.05, 0.1) is 11.1 Å². The average molecular weight is 210 g/mol. The van der Waals surface area contributed by atoms with Crippen molar-refractivity contribution in [2.24, 2.45) is 0 Å². The summed E-state index contributed by atoms with van der Waals surface area (Å²) in [6.07, 6.45) is 0. The van der Waals surface area contributed by atoms with Crippen LogP contribution in [0.1, 0.15) is 5.69 Å². The van der Waals surface area contributed by atoms with E-state index < -0.39 is 0 Å². The summed E-state index contributed by atoms with van der Waals surface area (Å²) in [5, 5.41) is 10.3. The zero-order valence-electron chi connectivity index (χ0n) is 8.82. The molecule has 16 heavy (non-hydrogen) atoms. The number of aryl methyl sites for hydroxylation is 1. The molecule has 0 saturated carbocycles. The van der Waals surface area contributed by atoms with Gasteiger partial charge in [0.25, 0.3) is 5.56 Å². The standard InChI is InChI=1S/C13H10N2O/c1-8-11-6-9-4-2-3-5-10(9)7-12(11)13(16)15-14-8/h2-7H,1H3,(H,15,16). The lowest BCUT2D eigenvalue weighted by molar-refractivity contribution is 0.971. The first-order valence-electron chi connectivity index (χ1n) is 5.13. The number of nitrogens with one attached hydrogen (secondary N) is 1. The number of aromatic nitrogens is 2. The Morgan fingerprint density at radius 3 is 2.38 bits per heavy atom. The van der Waals surface area contributed by atoms with Crippen LogP contribution in [-0.4, -0.2) is 10.2 Å². The molecule has 0 fully saturated rings. The van der Waals surface area contributed by atoms with Gasteiger partial charge in [0.2, 0.25) is 0 Å². The third kappa shape index (κ3) is 1.21. The maximum absolute atomic E-state index is 11.7. The molecule has 1 aromatic heterocycles. The molecule has 2 aromatic carbocycles. The molecule has 0 aliphatic rings. The molecule has 0 radical (unpaired) electrons. The predicted octanol–water partition coefficient (Wildman–Crippen LogP) is 2.38. The molecule has 3 rings (SSSR count). The van der Waals surface area contributed by atoms with E-state index in [0.717, 1.165) is 21.9 Å². The van der Waals surface area contributed by atoms with Gasteiger partial charge in [0, 0.05) is 5.39 Å². The molecule has 0 unspecified atom stereocenters. The molecular weight excluding hydrogens is 200 g/mol. The number of fused-ring (bicyclic) bond motifs is 2. The quantitative estimate of drug-likeness (QED) is 0.579. The third-order valence-electron chi connectivity index (χ3n) is 2.85. The number of H-pyrrole nitrogens is 1. The number of nitrogens with zero attached hydrogens (tertiary/aromatic N) is 1. The summed E-state index contributed by atoms with van der Waals surface area (Å²) in [6.45, 7) is 1.90. The van der Waals surface area contributed by atoms with Gasteiger partial charge in [0.1, 0.15) is 0 Å². The Morgan fingerprint density at radius 2 is 1.69 bits per heavy atom. The fourth-order valence-corrected chi connectivity index (χ4v) is 1.98. The van der Waals surface area contributed by atoms with Crippen LogP contribution < -0.4 is 5.56 Å². The molecule has 0 aliphatic carbocycles. The number of aromatic amines is 1. The van der Waals surface area contributed by atoms with E-state index in [9.17, 15) is 4.79 Å². The van der Waals surface area contributed by atoms with E-state index in [-0.39, 0.29) is 5.56 Å². The van der Waals surface area contributed by atoms with Gasteiger partial charge >= 0.3 is 0 Å². The van der Waals surface area contributed by atoms with Gasteiger partial charge in [0.15, 0.2) is 0 Å². The van der Waals surface area contributed by atoms with Crippen molar-refractivity contribution < 1.29 is 0 Å². The smallest absolute Gasteiger partial charge is 0.267 e. The average Bonchev–Trinajstić information content (AvgIpc) is 2.32. The van der Waals surface area contributed by atoms with Crippen molar-refractivity contribution in [2.45, 2.75) is 6.92 Å². The van der Waals surface area contributed by atoms with Crippen molar-refractivity contribution >= 4 is 21.5 Å². The van der Waals surface area contributed by atoms with E-state index in [0.29, 0.717) is 5.39 Å². The maximum Gasteiger partial charge on any atom is 0.272 e. The van der Waals surface area contributed by atoms with Crippen LogP contribution in [0.25, 0.3) is 21.5 Å². The molecule has 0 saturated heterocycles. The molecule has 3 nitrogen and oxygen atoms in total. The summed E-state index contributed by atoms with van der Waals surface area (Å²) >= 11 is 0.